The maximum Gasteiger partial charge on any atom is 0.331 e. The first-order valence-corrected chi connectivity index (χ1v) is 3.67. The van der Waals surface area contributed by atoms with Crippen LogP contribution in [0.2, 0.25) is 0 Å². The van der Waals surface area contributed by atoms with E-state index < -0.39 is 5.97 Å². The van der Waals surface area contributed by atoms with Crippen LogP contribution in [-0.2, 0) is 9.63 Å². The summed E-state index contributed by atoms with van der Waals surface area (Å²) in [5, 5.41) is 7.13. The zero-order valence-electron chi connectivity index (χ0n) is 7.10. The summed E-state index contributed by atoms with van der Waals surface area (Å²) in [5.74, 6) is -0.466. The summed E-state index contributed by atoms with van der Waals surface area (Å²) in [4.78, 5) is 14.6. The summed E-state index contributed by atoms with van der Waals surface area (Å²) in [6.45, 7) is 1.27. The van der Waals surface area contributed by atoms with Crippen molar-refractivity contribution in [3.8, 4) is 0 Å². The average molecular weight is 179 g/mol. The lowest BCUT2D eigenvalue weighted by Gasteiger charge is -1.94. The predicted molar refractivity (Wildman–Crippen MR) is 45.9 cm³/mol. The zero-order valence-corrected chi connectivity index (χ0v) is 7.10. The highest BCUT2D eigenvalue weighted by Crippen LogP contribution is 2.08. The molecular formula is C8H9N3O2. The first kappa shape index (κ1) is 9.18. The van der Waals surface area contributed by atoms with E-state index in [1.54, 1.807) is 12.1 Å². The van der Waals surface area contributed by atoms with Crippen molar-refractivity contribution < 1.29 is 9.63 Å². The largest absolute Gasteiger partial charge is 0.331 e. The van der Waals surface area contributed by atoms with Gasteiger partial charge in [-0.05, 0) is 17.4 Å². The van der Waals surface area contributed by atoms with Gasteiger partial charge in [0.1, 0.15) is 0 Å². The Kier molecular flexibility index (Phi) is 3.44. The van der Waals surface area contributed by atoms with Gasteiger partial charge in [-0.15, -0.1) is 10.7 Å². The molecule has 1 N–H and O–H groups in total. The molecule has 68 valence electrons. The summed E-state index contributed by atoms with van der Waals surface area (Å²) in [6, 6.07) is 9.09. The third-order valence-electron chi connectivity index (χ3n) is 1.15. The molecule has 0 aliphatic carbocycles. The fourth-order valence-electron chi connectivity index (χ4n) is 0.657. The summed E-state index contributed by atoms with van der Waals surface area (Å²) in [6.07, 6.45) is 0. The summed E-state index contributed by atoms with van der Waals surface area (Å²) >= 11 is 0. The van der Waals surface area contributed by atoms with Gasteiger partial charge in [0.15, 0.2) is 0 Å². The molecule has 0 atom stereocenters. The molecule has 0 saturated heterocycles. The molecule has 0 spiro atoms. The molecule has 5 nitrogen and oxygen atoms in total. The van der Waals surface area contributed by atoms with Crippen LogP contribution in [0.5, 0.6) is 0 Å². The maximum absolute atomic E-state index is 10.3. The van der Waals surface area contributed by atoms with Crippen LogP contribution in [0.25, 0.3) is 0 Å². The van der Waals surface area contributed by atoms with Crippen molar-refractivity contribution in [3.05, 3.63) is 30.3 Å². The van der Waals surface area contributed by atoms with Crippen molar-refractivity contribution in [1.29, 1.82) is 0 Å². The number of hydrogen-bond acceptors (Lipinski definition) is 4. The van der Waals surface area contributed by atoms with E-state index in [-0.39, 0.29) is 0 Å². The third kappa shape index (κ3) is 3.85. The van der Waals surface area contributed by atoms with Gasteiger partial charge >= 0.3 is 5.97 Å². The monoisotopic (exact) mass is 179 g/mol. The summed E-state index contributed by atoms with van der Waals surface area (Å²) in [5.41, 5.74) is 2.72. The van der Waals surface area contributed by atoms with Crippen LogP contribution in [0.4, 0.5) is 5.69 Å². The number of rotatable bonds is 3. The van der Waals surface area contributed by atoms with Gasteiger partial charge in [0, 0.05) is 6.92 Å². The molecule has 0 heterocycles. The van der Waals surface area contributed by atoms with Crippen LogP contribution in [0.3, 0.4) is 0 Å². The van der Waals surface area contributed by atoms with Gasteiger partial charge < -0.3 is 4.84 Å². The molecule has 13 heavy (non-hydrogen) atoms. The Balaban J connectivity index is 2.37. The van der Waals surface area contributed by atoms with Crippen LogP contribution in [0.1, 0.15) is 6.92 Å². The second-order valence-electron chi connectivity index (χ2n) is 2.22. The second kappa shape index (κ2) is 4.87. The molecule has 0 aliphatic heterocycles. The first-order valence-electron chi connectivity index (χ1n) is 3.67. The van der Waals surface area contributed by atoms with E-state index in [9.17, 15) is 4.79 Å². The number of nitrogens with one attached hydrogen (secondary N) is 1. The molecule has 1 rings (SSSR count). The van der Waals surface area contributed by atoms with E-state index in [1.165, 1.54) is 6.92 Å². The van der Waals surface area contributed by atoms with Crippen LogP contribution < -0.4 is 5.59 Å². The second-order valence-corrected chi connectivity index (χ2v) is 2.22. The molecule has 1 aromatic carbocycles. The van der Waals surface area contributed by atoms with E-state index in [0.717, 1.165) is 0 Å². The zero-order chi connectivity index (χ0) is 9.52. The van der Waals surface area contributed by atoms with E-state index >= 15 is 0 Å². The minimum atomic E-state index is -0.466. The molecule has 0 radical (unpaired) electrons. The quantitative estimate of drug-likeness (QED) is 0.568. The molecule has 0 aromatic heterocycles. The van der Waals surface area contributed by atoms with Gasteiger partial charge in [-0.1, -0.05) is 18.2 Å². The average Bonchev–Trinajstić information content (AvgIpc) is 2.14. The molecule has 0 aliphatic rings. The highest BCUT2D eigenvalue weighted by Gasteiger charge is 1.87. The van der Waals surface area contributed by atoms with Crippen LogP contribution in [0, 0.1) is 0 Å². The van der Waals surface area contributed by atoms with Crippen molar-refractivity contribution >= 4 is 11.7 Å². The van der Waals surface area contributed by atoms with Crippen LogP contribution in [-0.4, -0.2) is 5.97 Å². The van der Waals surface area contributed by atoms with Gasteiger partial charge in [-0.2, -0.15) is 0 Å². The van der Waals surface area contributed by atoms with E-state index in [4.69, 9.17) is 0 Å². The van der Waals surface area contributed by atoms with Gasteiger partial charge in [0.2, 0.25) is 0 Å². The number of carbonyl (C=O) groups excluding carboxylic acids is 1. The van der Waals surface area contributed by atoms with Crippen molar-refractivity contribution in [2.45, 2.75) is 6.92 Å². The van der Waals surface area contributed by atoms with Gasteiger partial charge in [-0.3, -0.25) is 0 Å². The van der Waals surface area contributed by atoms with Crippen molar-refractivity contribution in [2.24, 2.45) is 10.3 Å². The van der Waals surface area contributed by atoms with Crippen LogP contribution in [0.15, 0.2) is 40.7 Å². The van der Waals surface area contributed by atoms with Crippen LogP contribution >= 0.6 is 0 Å². The first-order chi connectivity index (χ1) is 6.29. The minimum Gasteiger partial charge on any atom is -0.325 e. The maximum atomic E-state index is 10.3. The Morgan fingerprint density at radius 3 is 2.69 bits per heavy atom. The summed E-state index contributed by atoms with van der Waals surface area (Å²) in [7, 11) is 0. The van der Waals surface area contributed by atoms with Crippen molar-refractivity contribution in [2.75, 3.05) is 0 Å². The lowest BCUT2D eigenvalue weighted by atomic mass is 10.3. The lowest BCUT2D eigenvalue weighted by molar-refractivity contribution is -0.148. The molecule has 0 saturated carbocycles. The Labute approximate surface area is 75.4 Å². The fourth-order valence-corrected chi connectivity index (χ4v) is 0.657. The van der Waals surface area contributed by atoms with Gasteiger partial charge in [0.05, 0.1) is 5.69 Å². The fraction of sp³-hybridized carbons (Fsp3) is 0.125. The molecule has 0 fully saturated rings. The Hall–Kier alpha value is -1.91. The Morgan fingerprint density at radius 2 is 2.08 bits per heavy atom. The standard InChI is InChI=1S/C8H9N3O2/c1-7(12)13-11-10-9-8-5-3-2-4-6-8/h2-6H,1H3,(H,9,11). The molecule has 1 aromatic rings. The smallest absolute Gasteiger partial charge is 0.325 e. The number of carbonyl (C=O) groups is 1. The number of nitrogens with zero attached hydrogens (tertiary/aromatic N) is 2. The normalized spacial score (nSPS) is 9.92. The van der Waals surface area contributed by atoms with E-state index in [1.807, 2.05) is 23.8 Å². The Bertz CT molecular complexity index is 298. The van der Waals surface area contributed by atoms with Gasteiger partial charge in [-0.25, -0.2) is 4.79 Å². The number of hydrogen-bond donors (Lipinski definition) is 1. The number of benzene rings is 1. The van der Waals surface area contributed by atoms with Crippen molar-refractivity contribution in [3.63, 3.8) is 0 Å². The van der Waals surface area contributed by atoms with E-state index in [2.05, 4.69) is 15.2 Å². The topological polar surface area (TPSA) is 63.0 Å². The predicted octanol–water partition coefficient (Wildman–Crippen LogP) is 1.75. The third-order valence-corrected chi connectivity index (χ3v) is 1.15. The summed E-state index contributed by atoms with van der Waals surface area (Å²) < 4.78 is 0. The molecule has 0 amide bonds. The molecular weight excluding hydrogens is 170 g/mol. The minimum absolute atomic E-state index is 0.466. The van der Waals surface area contributed by atoms with E-state index in [0.29, 0.717) is 5.69 Å². The highest BCUT2D eigenvalue weighted by atomic mass is 16.7. The Morgan fingerprint density at radius 1 is 1.38 bits per heavy atom. The van der Waals surface area contributed by atoms with Gasteiger partial charge in [0.25, 0.3) is 0 Å². The molecule has 0 unspecified atom stereocenters. The molecule has 5 heteroatoms. The lowest BCUT2D eigenvalue weighted by Crippen LogP contribution is -2.10. The van der Waals surface area contributed by atoms with Crippen molar-refractivity contribution in [1.82, 2.24) is 5.59 Å². The highest BCUT2D eigenvalue weighted by molar-refractivity contribution is 5.65. The molecule has 0 bridgehead atoms. The SMILES string of the molecule is CC(=O)ONN=Nc1ccccc1.